The molecule has 0 aliphatic heterocycles. The number of halogens is 1. The summed E-state index contributed by atoms with van der Waals surface area (Å²) in [6, 6.07) is 9.97. The highest BCUT2D eigenvalue weighted by Crippen LogP contribution is 2.05. The van der Waals surface area contributed by atoms with Crippen molar-refractivity contribution >= 4 is 27.7 Å². The summed E-state index contributed by atoms with van der Waals surface area (Å²) in [5, 5.41) is 0. The van der Waals surface area contributed by atoms with Gasteiger partial charge in [0.25, 0.3) is 0 Å². The third kappa shape index (κ3) is 9.71. The first kappa shape index (κ1) is 12.8. The summed E-state index contributed by atoms with van der Waals surface area (Å²) < 4.78 is 1.13. The van der Waals surface area contributed by atoms with Crippen molar-refractivity contribution in [2.24, 2.45) is 0 Å². The summed E-state index contributed by atoms with van der Waals surface area (Å²) >= 11 is 5.20. The molecule has 72 valence electrons. The maximum Gasteiger partial charge on any atom is 0.0175 e. The molecule has 0 radical (unpaired) electrons. The SMILES string of the molecule is Brc1ccccc1.C=CCSCC. The van der Waals surface area contributed by atoms with E-state index < -0.39 is 0 Å². The number of rotatable bonds is 3. The van der Waals surface area contributed by atoms with Crippen LogP contribution in [0, 0.1) is 0 Å². The van der Waals surface area contributed by atoms with Crippen molar-refractivity contribution in [2.75, 3.05) is 11.5 Å². The second-order valence-electron chi connectivity index (χ2n) is 2.24. The Morgan fingerprint density at radius 3 is 2.23 bits per heavy atom. The molecule has 0 atom stereocenters. The molecule has 0 saturated carbocycles. The highest BCUT2D eigenvalue weighted by atomic mass is 79.9. The Labute approximate surface area is 93.6 Å². The Kier molecular flexibility index (Phi) is 9.72. The van der Waals surface area contributed by atoms with Gasteiger partial charge in [-0.15, -0.1) is 6.58 Å². The van der Waals surface area contributed by atoms with Gasteiger partial charge in [0.2, 0.25) is 0 Å². The molecule has 0 bridgehead atoms. The van der Waals surface area contributed by atoms with Crippen LogP contribution in [0.4, 0.5) is 0 Å². The van der Waals surface area contributed by atoms with Gasteiger partial charge in [0, 0.05) is 10.2 Å². The fourth-order valence-corrected chi connectivity index (χ4v) is 1.32. The van der Waals surface area contributed by atoms with Gasteiger partial charge in [-0.1, -0.05) is 47.1 Å². The quantitative estimate of drug-likeness (QED) is 0.573. The smallest absolute Gasteiger partial charge is 0.0175 e. The molecule has 0 aliphatic rings. The van der Waals surface area contributed by atoms with Crippen LogP contribution in [0.15, 0.2) is 47.5 Å². The first-order chi connectivity index (χ1) is 6.31. The van der Waals surface area contributed by atoms with Crippen molar-refractivity contribution in [1.82, 2.24) is 0 Å². The first-order valence-electron chi connectivity index (χ1n) is 4.20. The van der Waals surface area contributed by atoms with Crippen molar-refractivity contribution in [3.8, 4) is 0 Å². The maximum absolute atomic E-state index is 3.58. The predicted octanol–water partition coefficient (Wildman–Crippen LogP) is 4.37. The number of benzene rings is 1. The van der Waals surface area contributed by atoms with Crippen molar-refractivity contribution in [3.63, 3.8) is 0 Å². The van der Waals surface area contributed by atoms with Crippen molar-refractivity contribution in [1.29, 1.82) is 0 Å². The highest BCUT2D eigenvalue weighted by Gasteiger charge is 1.74. The highest BCUT2D eigenvalue weighted by molar-refractivity contribution is 9.10. The Hall–Kier alpha value is -0.210. The fourth-order valence-electron chi connectivity index (χ4n) is 0.616. The minimum Gasteiger partial charge on any atom is -0.158 e. The molecular weight excluding hydrogens is 244 g/mol. The summed E-state index contributed by atoms with van der Waals surface area (Å²) in [4.78, 5) is 0. The zero-order chi connectivity index (χ0) is 9.94. The molecule has 0 fully saturated rings. The molecule has 0 heterocycles. The monoisotopic (exact) mass is 258 g/mol. The van der Waals surface area contributed by atoms with Crippen molar-refractivity contribution in [2.45, 2.75) is 6.92 Å². The van der Waals surface area contributed by atoms with E-state index >= 15 is 0 Å². The van der Waals surface area contributed by atoms with Gasteiger partial charge in [0.15, 0.2) is 0 Å². The van der Waals surface area contributed by atoms with E-state index in [1.807, 2.05) is 48.2 Å². The fraction of sp³-hybridized carbons (Fsp3) is 0.273. The molecule has 1 aromatic rings. The van der Waals surface area contributed by atoms with E-state index in [2.05, 4.69) is 29.4 Å². The van der Waals surface area contributed by atoms with E-state index in [0.717, 1.165) is 10.2 Å². The third-order valence-electron chi connectivity index (χ3n) is 1.17. The molecule has 2 heteroatoms. The molecule has 0 aromatic heterocycles. The number of hydrogen-bond donors (Lipinski definition) is 0. The molecule has 0 aliphatic carbocycles. The maximum atomic E-state index is 3.58. The minimum absolute atomic E-state index is 1.09. The molecule has 0 N–H and O–H groups in total. The predicted molar refractivity (Wildman–Crippen MR) is 67.3 cm³/mol. The van der Waals surface area contributed by atoms with Gasteiger partial charge in [0.05, 0.1) is 0 Å². The lowest BCUT2D eigenvalue weighted by molar-refractivity contribution is 1.52. The van der Waals surface area contributed by atoms with E-state index in [0.29, 0.717) is 0 Å². The molecule has 13 heavy (non-hydrogen) atoms. The Morgan fingerprint density at radius 2 is 2.00 bits per heavy atom. The largest absolute Gasteiger partial charge is 0.158 e. The summed E-state index contributed by atoms with van der Waals surface area (Å²) in [5.74, 6) is 2.29. The molecule has 0 unspecified atom stereocenters. The van der Waals surface area contributed by atoms with E-state index in [-0.39, 0.29) is 0 Å². The van der Waals surface area contributed by atoms with Gasteiger partial charge in [-0.25, -0.2) is 0 Å². The number of hydrogen-bond acceptors (Lipinski definition) is 1. The van der Waals surface area contributed by atoms with E-state index in [1.165, 1.54) is 5.75 Å². The molecule has 1 rings (SSSR count). The lowest BCUT2D eigenvalue weighted by Gasteiger charge is -1.83. The van der Waals surface area contributed by atoms with Crippen LogP contribution >= 0.6 is 27.7 Å². The Bertz CT molecular complexity index is 209. The van der Waals surface area contributed by atoms with Gasteiger partial charge in [-0.3, -0.25) is 0 Å². The first-order valence-corrected chi connectivity index (χ1v) is 6.15. The van der Waals surface area contributed by atoms with Crippen molar-refractivity contribution < 1.29 is 0 Å². The molecular formula is C11H15BrS. The van der Waals surface area contributed by atoms with Crippen LogP contribution in [0.3, 0.4) is 0 Å². The van der Waals surface area contributed by atoms with Crippen molar-refractivity contribution in [3.05, 3.63) is 47.5 Å². The molecule has 1 aromatic carbocycles. The van der Waals surface area contributed by atoms with Gasteiger partial charge >= 0.3 is 0 Å². The topological polar surface area (TPSA) is 0 Å². The van der Waals surface area contributed by atoms with Crippen LogP contribution in [-0.2, 0) is 0 Å². The van der Waals surface area contributed by atoms with Crippen LogP contribution in [0.1, 0.15) is 6.92 Å². The number of thioether (sulfide) groups is 1. The van der Waals surface area contributed by atoms with E-state index in [9.17, 15) is 0 Å². The van der Waals surface area contributed by atoms with E-state index in [4.69, 9.17) is 0 Å². The zero-order valence-electron chi connectivity index (χ0n) is 7.87. The lowest BCUT2D eigenvalue weighted by Crippen LogP contribution is -1.67. The minimum atomic E-state index is 1.09. The van der Waals surface area contributed by atoms with Crippen LogP contribution in [0.2, 0.25) is 0 Å². The molecule has 0 spiro atoms. The van der Waals surface area contributed by atoms with Crippen LogP contribution in [0.25, 0.3) is 0 Å². The Morgan fingerprint density at radius 1 is 1.38 bits per heavy atom. The van der Waals surface area contributed by atoms with Gasteiger partial charge < -0.3 is 0 Å². The summed E-state index contributed by atoms with van der Waals surface area (Å²) in [6.45, 7) is 5.72. The van der Waals surface area contributed by atoms with Crippen LogP contribution < -0.4 is 0 Å². The van der Waals surface area contributed by atoms with Gasteiger partial charge in [-0.2, -0.15) is 11.8 Å². The normalized spacial score (nSPS) is 8.46. The zero-order valence-corrected chi connectivity index (χ0v) is 10.3. The molecule has 0 nitrogen and oxygen atoms in total. The van der Waals surface area contributed by atoms with Gasteiger partial charge in [-0.05, 0) is 17.9 Å². The molecule has 0 saturated heterocycles. The van der Waals surface area contributed by atoms with Crippen LogP contribution in [-0.4, -0.2) is 11.5 Å². The summed E-state index contributed by atoms with van der Waals surface area (Å²) in [5.41, 5.74) is 0. The second kappa shape index (κ2) is 9.87. The van der Waals surface area contributed by atoms with Gasteiger partial charge in [0.1, 0.15) is 0 Å². The standard InChI is InChI=1S/C6H5Br.C5H10S/c7-6-4-2-1-3-5-6;1-3-5-6-4-2/h1-5H;3H,1,4-5H2,2H3. The average molecular weight is 259 g/mol. The summed E-state index contributed by atoms with van der Waals surface area (Å²) in [6.07, 6.45) is 1.92. The molecule has 0 amide bonds. The average Bonchev–Trinajstić information content (AvgIpc) is 2.17. The Balaban J connectivity index is 0.000000226. The summed E-state index contributed by atoms with van der Waals surface area (Å²) in [7, 11) is 0. The second-order valence-corrected chi connectivity index (χ2v) is 4.48. The van der Waals surface area contributed by atoms with Crippen LogP contribution in [0.5, 0.6) is 0 Å². The lowest BCUT2D eigenvalue weighted by atomic mass is 10.4. The third-order valence-corrected chi connectivity index (χ3v) is 2.58. The van der Waals surface area contributed by atoms with E-state index in [1.54, 1.807) is 0 Å².